The van der Waals surface area contributed by atoms with Gasteiger partial charge in [-0.2, -0.15) is 0 Å². The number of rotatable bonds is 3. The number of benzene rings is 1. The van der Waals surface area contributed by atoms with Crippen molar-refractivity contribution in [3.63, 3.8) is 0 Å². The number of nitrogens with one attached hydrogen (secondary N) is 1. The maximum absolute atomic E-state index is 14.4. The van der Waals surface area contributed by atoms with E-state index in [4.69, 9.17) is 9.73 Å². The Morgan fingerprint density at radius 1 is 1.17 bits per heavy atom. The lowest BCUT2D eigenvalue weighted by molar-refractivity contribution is 0.386. The van der Waals surface area contributed by atoms with Gasteiger partial charge in [-0.05, 0) is 91.8 Å². The van der Waals surface area contributed by atoms with Gasteiger partial charge in [-0.3, -0.25) is 0 Å². The molecular weight excluding hydrogens is 377 g/mol. The molecule has 0 saturated heterocycles. The van der Waals surface area contributed by atoms with Gasteiger partial charge >= 0.3 is 0 Å². The van der Waals surface area contributed by atoms with Crippen LogP contribution in [0.15, 0.2) is 75.6 Å². The van der Waals surface area contributed by atoms with Crippen molar-refractivity contribution in [1.82, 2.24) is 10.2 Å². The average Bonchev–Trinajstić information content (AvgIpc) is 2.73. The summed E-state index contributed by atoms with van der Waals surface area (Å²) in [4.78, 5) is 7.18. The highest BCUT2D eigenvalue weighted by Gasteiger charge is 2.29. The first-order chi connectivity index (χ1) is 14.6. The van der Waals surface area contributed by atoms with Crippen molar-refractivity contribution in [3.05, 3.63) is 82.0 Å². The first kappa shape index (κ1) is 19.1. The Kier molecular flexibility index (Phi) is 4.91. The monoisotopic (exact) mass is 403 g/mol. The van der Waals surface area contributed by atoms with Crippen LogP contribution in [0.5, 0.6) is 5.75 Å². The summed E-state index contributed by atoms with van der Waals surface area (Å²) < 4.78 is 19.4. The fraction of sp³-hybridized carbons (Fsp3) is 0.320. The second-order valence-electron chi connectivity index (χ2n) is 8.12. The number of hydrogen-bond acceptors (Lipinski definition) is 4. The van der Waals surface area contributed by atoms with Crippen LogP contribution in [0, 0.1) is 5.82 Å². The van der Waals surface area contributed by atoms with E-state index in [2.05, 4.69) is 41.6 Å². The summed E-state index contributed by atoms with van der Waals surface area (Å²) in [6.45, 7) is 4.04. The van der Waals surface area contributed by atoms with Gasteiger partial charge in [0.1, 0.15) is 5.84 Å². The van der Waals surface area contributed by atoms with E-state index in [1.807, 2.05) is 6.07 Å². The number of methoxy groups -OCH3 is 1. The molecule has 1 saturated carbocycles. The standard InChI is InChI=1S/C25H26FN3O/c1-16-12-20(17-8-10-27-11-9-17)15-29-23(18-4-3-5-18)14-22(28-25(16)29)19-6-7-24(30-2)21(26)13-19/h6-8,12-15,27H,3-5,9-11H2,1-2H3. The summed E-state index contributed by atoms with van der Waals surface area (Å²) in [5, 5.41) is 3.38. The molecule has 4 nitrogen and oxygen atoms in total. The maximum Gasteiger partial charge on any atom is 0.165 e. The number of aliphatic imine (C=N–C) groups is 1. The zero-order valence-corrected chi connectivity index (χ0v) is 17.5. The van der Waals surface area contributed by atoms with Gasteiger partial charge in [-0.15, -0.1) is 0 Å². The summed E-state index contributed by atoms with van der Waals surface area (Å²) in [5.41, 5.74) is 7.97. The summed E-state index contributed by atoms with van der Waals surface area (Å²) in [5.74, 6) is 0.808. The number of allylic oxidation sites excluding steroid dienone is 4. The molecule has 4 aliphatic rings. The quantitative estimate of drug-likeness (QED) is 0.764. The third-order valence-electron chi connectivity index (χ3n) is 6.18. The van der Waals surface area contributed by atoms with Gasteiger partial charge in [-0.25, -0.2) is 9.38 Å². The van der Waals surface area contributed by atoms with Crippen LogP contribution in [-0.2, 0) is 0 Å². The number of fused-ring (bicyclic) bond motifs is 1. The highest BCUT2D eigenvalue weighted by Crippen LogP contribution is 2.39. The minimum atomic E-state index is -0.368. The molecule has 0 aromatic heterocycles. The zero-order valence-electron chi connectivity index (χ0n) is 17.5. The summed E-state index contributed by atoms with van der Waals surface area (Å²) in [7, 11) is 1.48. The topological polar surface area (TPSA) is 36.9 Å². The molecule has 1 fully saturated rings. The Morgan fingerprint density at radius 3 is 2.70 bits per heavy atom. The van der Waals surface area contributed by atoms with Crippen molar-refractivity contribution < 1.29 is 9.13 Å². The van der Waals surface area contributed by atoms with Gasteiger partial charge in [0.15, 0.2) is 11.6 Å². The normalized spacial score (nSPS) is 21.0. The van der Waals surface area contributed by atoms with Crippen molar-refractivity contribution in [2.75, 3.05) is 20.2 Å². The van der Waals surface area contributed by atoms with Crippen molar-refractivity contribution in [2.45, 2.75) is 32.6 Å². The van der Waals surface area contributed by atoms with Crippen LogP contribution in [0.25, 0.3) is 5.70 Å². The SMILES string of the molecule is COc1ccc(C2=CC(=C3CCC3)N3C=C(C4=CCNCC4)C=C(C)C3=N2)cc1F. The van der Waals surface area contributed by atoms with Crippen LogP contribution in [0.4, 0.5) is 4.39 Å². The van der Waals surface area contributed by atoms with Crippen LogP contribution in [-0.4, -0.2) is 30.9 Å². The van der Waals surface area contributed by atoms with Gasteiger partial charge < -0.3 is 15.0 Å². The highest BCUT2D eigenvalue weighted by molar-refractivity contribution is 6.06. The number of ether oxygens (including phenoxy) is 1. The Labute approximate surface area is 176 Å². The van der Waals surface area contributed by atoms with E-state index >= 15 is 0 Å². The average molecular weight is 404 g/mol. The van der Waals surface area contributed by atoms with Crippen LogP contribution >= 0.6 is 0 Å². The molecule has 3 aliphatic heterocycles. The van der Waals surface area contributed by atoms with E-state index in [1.54, 1.807) is 6.07 Å². The van der Waals surface area contributed by atoms with Gasteiger partial charge in [0.25, 0.3) is 0 Å². The van der Waals surface area contributed by atoms with Gasteiger partial charge in [0.05, 0.1) is 12.8 Å². The molecule has 0 amide bonds. The lowest BCUT2D eigenvalue weighted by Gasteiger charge is -2.36. The van der Waals surface area contributed by atoms with E-state index < -0.39 is 0 Å². The molecule has 1 N–H and O–H groups in total. The lowest BCUT2D eigenvalue weighted by atomic mass is 9.88. The molecule has 30 heavy (non-hydrogen) atoms. The molecule has 5 heteroatoms. The van der Waals surface area contributed by atoms with Gasteiger partial charge in [-0.1, -0.05) is 6.08 Å². The largest absolute Gasteiger partial charge is 0.494 e. The smallest absolute Gasteiger partial charge is 0.165 e. The molecule has 154 valence electrons. The molecule has 0 spiro atoms. The van der Waals surface area contributed by atoms with Crippen molar-refractivity contribution in [1.29, 1.82) is 0 Å². The predicted octanol–water partition coefficient (Wildman–Crippen LogP) is 5.09. The lowest BCUT2D eigenvalue weighted by Crippen LogP contribution is -2.33. The number of halogens is 1. The summed E-state index contributed by atoms with van der Waals surface area (Å²) >= 11 is 0. The number of nitrogens with zero attached hydrogens (tertiary/aromatic N) is 2. The van der Waals surface area contributed by atoms with Crippen LogP contribution in [0.3, 0.4) is 0 Å². The van der Waals surface area contributed by atoms with Crippen LogP contribution < -0.4 is 10.1 Å². The fourth-order valence-corrected chi connectivity index (χ4v) is 4.31. The molecule has 0 bridgehead atoms. The third-order valence-corrected chi connectivity index (χ3v) is 6.18. The fourth-order valence-electron chi connectivity index (χ4n) is 4.31. The Morgan fingerprint density at radius 2 is 2.03 bits per heavy atom. The second kappa shape index (κ2) is 7.73. The molecule has 1 aromatic carbocycles. The number of hydrogen-bond donors (Lipinski definition) is 1. The second-order valence-corrected chi connectivity index (χ2v) is 8.12. The maximum atomic E-state index is 14.4. The molecule has 3 heterocycles. The molecular formula is C25H26FN3O. The number of amidine groups is 1. The van der Waals surface area contributed by atoms with Crippen molar-refractivity contribution in [3.8, 4) is 5.75 Å². The van der Waals surface area contributed by atoms with E-state index in [0.717, 1.165) is 55.0 Å². The van der Waals surface area contributed by atoms with E-state index in [9.17, 15) is 4.39 Å². The predicted molar refractivity (Wildman–Crippen MR) is 118 cm³/mol. The minimum Gasteiger partial charge on any atom is -0.494 e. The zero-order chi connectivity index (χ0) is 20.7. The molecule has 1 aromatic rings. The Balaban J connectivity index is 1.58. The van der Waals surface area contributed by atoms with E-state index in [-0.39, 0.29) is 11.6 Å². The molecule has 0 unspecified atom stereocenters. The molecule has 0 radical (unpaired) electrons. The van der Waals surface area contributed by atoms with E-state index in [1.165, 1.54) is 42.0 Å². The molecule has 0 atom stereocenters. The Hall–Kier alpha value is -2.92. The molecule has 5 rings (SSSR count). The first-order valence-electron chi connectivity index (χ1n) is 10.6. The third kappa shape index (κ3) is 3.33. The van der Waals surface area contributed by atoms with Crippen LogP contribution in [0.1, 0.15) is 38.2 Å². The van der Waals surface area contributed by atoms with Crippen LogP contribution in [0.2, 0.25) is 0 Å². The first-order valence-corrected chi connectivity index (χ1v) is 10.6. The molecule has 1 aliphatic carbocycles. The summed E-state index contributed by atoms with van der Waals surface area (Å²) in [6, 6.07) is 5.05. The van der Waals surface area contributed by atoms with Gasteiger partial charge in [0, 0.05) is 24.0 Å². The van der Waals surface area contributed by atoms with Gasteiger partial charge in [0.2, 0.25) is 0 Å². The summed E-state index contributed by atoms with van der Waals surface area (Å²) in [6.07, 6.45) is 13.3. The highest BCUT2D eigenvalue weighted by atomic mass is 19.1. The van der Waals surface area contributed by atoms with Crippen molar-refractivity contribution >= 4 is 11.5 Å². The van der Waals surface area contributed by atoms with Crippen molar-refractivity contribution in [2.24, 2.45) is 4.99 Å². The Bertz CT molecular complexity index is 1080. The van der Waals surface area contributed by atoms with E-state index in [0.29, 0.717) is 0 Å². The minimum absolute atomic E-state index is 0.249.